The Morgan fingerprint density at radius 2 is 2.24 bits per heavy atom. The van der Waals surface area contributed by atoms with Crippen LogP contribution >= 0.6 is 11.6 Å². The van der Waals surface area contributed by atoms with Gasteiger partial charge in [0.1, 0.15) is 5.71 Å². The molecule has 1 aromatic rings. The molecule has 21 heavy (non-hydrogen) atoms. The van der Waals surface area contributed by atoms with Crippen molar-refractivity contribution < 1.29 is 19.4 Å². The smallest absolute Gasteiger partial charge is 0.354 e. The molecule has 1 atom stereocenters. The van der Waals surface area contributed by atoms with E-state index in [1.807, 2.05) is 0 Å². The highest BCUT2D eigenvalue weighted by atomic mass is 35.5. The Bertz CT molecular complexity index is 617. The number of anilines is 1. The summed E-state index contributed by atoms with van der Waals surface area (Å²) < 4.78 is 4.89. The summed E-state index contributed by atoms with van der Waals surface area (Å²) in [5.74, 6) is -1.68. The fourth-order valence-corrected chi connectivity index (χ4v) is 2.30. The van der Waals surface area contributed by atoms with Crippen molar-refractivity contribution in [2.45, 2.75) is 25.8 Å². The minimum absolute atomic E-state index is 0.0340. The predicted octanol–water partition coefficient (Wildman–Crippen LogP) is 2.31. The van der Waals surface area contributed by atoms with E-state index in [1.54, 1.807) is 31.2 Å². The van der Waals surface area contributed by atoms with Crippen LogP contribution in [-0.2, 0) is 14.3 Å². The number of hydrogen-bond donors (Lipinski definition) is 1. The first kappa shape index (κ1) is 15.3. The highest BCUT2D eigenvalue weighted by Gasteiger charge is 2.48. The van der Waals surface area contributed by atoms with E-state index in [2.05, 4.69) is 5.10 Å². The van der Waals surface area contributed by atoms with Crippen molar-refractivity contribution in [3.8, 4) is 0 Å². The standard InChI is InChI=1S/C14H15ClN2O4/c1-3-21-12(18)11-8-14(2,13(19)20)17(16-11)10-6-4-5-9(15)7-10/h4-7H,3,8H2,1-2H3,(H,19,20)/t14-/m0/s1. The minimum Gasteiger partial charge on any atom is -0.479 e. The molecule has 2 rings (SSSR count). The summed E-state index contributed by atoms with van der Waals surface area (Å²) in [6.45, 7) is 3.39. The monoisotopic (exact) mass is 310 g/mol. The molecule has 6 nitrogen and oxygen atoms in total. The SMILES string of the molecule is CCOC(=O)C1=NN(c2cccc(Cl)c2)[C@](C)(C(=O)O)C1. The second-order valence-corrected chi connectivity index (χ2v) is 5.25. The highest BCUT2D eigenvalue weighted by molar-refractivity contribution is 6.38. The van der Waals surface area contributed by atoms with Crippen molar-refractivity contribution >= 4 is 34.9 Å². The molecule has 0 saturated carbocycles. The van der Waals surface area contributed by atoms with Gasteiger partial charge in [-0.05, 0) is 32.0 Å². The lowest BCUT2D eigenvalue weighted by atomic mass is 9.95. The lowest BCUT2D eigenvalue weighted by Crippen LogP contribution is -2.47. The van der Waals surface area contributed by atoms with Gasteiger partial charge in [-0.3, -0.25) is 0 Å². The number of nitrogens with zero attached hydrogens (tertiary/aromatic N) is 2. The number of carbonyl (C=O) groups excluding carboxylic acids is 1. The number of rotatable bonds is 4. The Labute approximate surface area is 127 Å². The van der Waals surface area contributed by atoms with Crippen LogP contribution in [0.4, 0.5) is 5.69 Å². The molecule has 112 valence electrons. The Hall–Kier alpha value is -2.08. The van der Waals surface area contributed by atoms with Crippen LogP contribution in [0.3, 0.4) is 0 Å². The van der Waals surface area contributed by atoms with Crippen molar-refractivity contribution in [1.82, 2.24) is 0 Å². The summed E-state index contributed by atoms with van der Waals surface area (Å²) in [7, 11) is 0. The summed E-state index contributed by atoms with van der Waals surface area (Å²) in [6, 6.07) is 6.65. The minimum atomic E-state index is -1.35. The van der Waals surface area contributed by atoms with Crippen LogP contribution in [0, 0.1) is 0 Å². The molecule has 0 unspecified atom stereocenters. The zero-order valence-corrected chi connectivity index (χ0v) is 12.4. The van der Waals surface area contributed by atoms with Crippen LogP contribution < -0.4 is 5.01 Å². The number of halogens is 1. The molecule has 0 amide bonds. The van der Waals surface area contributed by atoms with Gasteiger partial charge < -0.3 is 9.84 Å². The number of benzene rings is 1. The largest absolute Gasteiger partial charge is 0.479 e. The fourth-order valence-electron chi connectivity index (χ4n) is 2.11. The number of aliphatic carboxylic acids is 1. The second kappa shape index (κ2) is 5.73. The van der Waals surface area contributed by atoms with E-state index in [9.17, 15) is 14.7 Å². The Balaban J connectivity index is 2.42. The van der Waals surface area contributed by atoms with E-state index >= 15 is 0 Å². The Kier molecular flexibility index (Phi) is 4.18. The van der Waals surface area contributed by atoms with Gasteiger partial charge in [0.2, 0.25) is 0 Å². The average molecular weight is 311 g/mol. The number of hydrogen-bond acceptors (Lipinski definition) is 5. The van der Waals surface area contributed by atoms with Crippen molar-refractivity contribution in [2.24, 2.45) is 5.10 Å². The molecule has 0 fully saturated rings. The fraction of sp³-hybridized carbons (Fsp3) is 0.357. The van der Waals surface area contributed by atoms with E-state index < -0.39 is 17.5 Å². The molecule has 0 saturated heterocycles. The average Bonchev–Trinajstić information content (AvgIpc) is 2.79. The third-order valence-electron chi connectivity index (χ3n) is 3.22. The summed E-state index contributed by atoms with van der Waals surface area (Å²) in [5.41, 5.74) is -0.763. The molecule has 1 N–H and O–H groups in total. The normalized spacial score (nSPS) is 21.1. The number of carboxylic acids is 1. The van der Waals surface area contributed by atoms with Crippen LogP contribution in [-0.4, -0.2) is 34.9 Å². The maximum Gasteiger partial charge on any atom is 0.354 e. The Morgan fingerprint density at radius 3 is 2.81 bits per heavy atom. The van der Waals surface area contributed by atoms with Gasteiger partial charge in [-0.2, -0.15) is 5.10 Å². The molecule has 0 aliphatic carbocycles. The zero-order valence-electron chi connectivity index (χ0n) is 11.7. The lowest BCUT2D eigenvalue weighted by Gasteiger charge is -2.30. The summed E-state index contributed by atoms with van der Waals surface area (Å²) >= 11 is 5.93. The van der Waals surface area contributed by atoms with Gasteiger partial charge >= 0.3 is 11.9 Å². The van der Waals surface area contributed by atoms with Gasteiger partial charge in [-0.15, -0.1) is 0 Å². The van der Waals surface area contributed by atoms with Crippen molar-refractivity contribution in [3.05, 3.63) is 29.3 Å². The number of hydrazone groups is 1. The topological polar surface area (TPSA) is 79.2 Å². The first-order valence-corrected chi connectivity index (χ1v) is 6.80. The molecule has 1 aromatic carbocycles. The van der Waals surface area contributed by atoms with Gasteiger partial charge in [0.15, 0.2) is 5.54 Å². The van der Waals surface area contributed by atoms with E-state index in [1.165, 1.54) is 11.9 Å². The lowest BCUT2D eigenvalue weighted by molar-refractivity contribution is -0.142. The van der Waals surface area contributed by atoms with E-state index in [4.69, 9.17) is 16.3 Å². The molecule has 0 radical (unpaired) electrons. The molecule has 0 bridgehead atoms. The van der Waals surface area contributed by atoms with E-state index in [-0.39, 0.29) is 18.7 Å². The van der Waals surface area contributed by atoms with Crippen molar-refractivity contribution in [2.75, 3.05) is 11.6 Å². The number of carboxylic acid groups (broad SMARTS) is 1. The van der Waals surface area contributed by atoms with E-state index in [0.717, 1.165) is 0 Å². The third kappa shape index (κ3) is 2.85. The number of ether oxygens (including phenoxy) is 1. The summed E-state index contributed by atoms with van der Waals surface area (Å²) in [4.78, 5) is 23.4. The first-order chi connectivity index (χ1) is 9.88. The summed E-state index contributed by atoms with van der Waals surface area (Å²) in [5, 5.41) is 15.4. The number of esters is 1. The molecule has 1 heterocycles. The maximum atomic E-state index is 11.8. The predicted molar refractivity (Wildman–Crippen MR) is 78.7 cm³/mol. The number of carbonyl (C=O) groups is 2. The maximum absolute atomic E-state index is 11.8. The van der Waals surface area contributed by atoms with Crippen LogP contribution in [0.15, 0.2) is 29.4 Å². The molecule has 1 aliphatic heterocycles. The van der Waals surface area contributed by atoms with Crippen LogP contribution in [0.5, 0.6) is 0 Å². The molecule has 0 aromatic heterocycles. The highest BCUT2D eigenvalue weighted by Crippen LogP contribution is 2.34. The van der Waals surface area contributed by atoms with Gasteiger partial charge in [-0.1, -0.05) is 17.7 Å². The van der Waals surface area contributed by atoms with Crippen LogP contribution in [0.2, 0.25) is 5.02 Å². The van der Waals surface area contributed by atoms with Crippen molar-refractivity contribution in [1.29, 1.82) is 0 Å². The van der Waals surface area contributed by atoms with Gasteiger partial charge in [0.05, 0.1) is 12.3 Å². The Morgan fingerprint density at radius 1 is 1.52 bits per heavy atom. The van der Waals surface area contributed by atoms with Crippen LogP contribution in [0.25, 0.3) is 0 Å². The van der Waals surface area contributed by atoms with Gasteiger partial charge in [0.25, 0.3) is 0 Å². The third-order valence-corrected chi connectivity index (χ3v) is 3.46. The molecule has 7 heteroatoms. The molecule has 1 aliphatic rings. The molecular weight excluding hydrogens is 296 g/mol. The molecular formula is C14H15ClN2O4. The van der Waals surface area contributed by atoms with Gasteiger partial charge in [0, 0.05) is 11.4 Å². The molecule has 0 spiro atoms. The first-order valence-electron chi connectivity index (χ1n) is 6.42. The van der Waals surface area contributed by atoms with Crippen LogP contribution in [0.1, 0.15) is 20.3 Å². The van der Waals surface area contributed by atoms with Gasteiger partial charge in [-0.25, -0.2) is 14.6 Å². The van der Waals surface area contributed by atoms with E-state index in [0.29, 0.717) is 10.7 Å². The quantitative estimate of drug-likeness (QED) is 0.863. The van der Waals surface area contributed by atoms with Crippen molar-refractivity contribution in [3.63, 3.8) is 0 Å². The summed E-state index contributed by atoms with van der Waals surface area (Å²) in [6.07, 6.45) is -0.0340. The zero-order chi connectivity index (χ0) is 15.6. The second-order valence-electron chi connectivity index (χ2n) is 4.81.